The van der Waals surface area contributed by atoms with E-state index >= 15 is 0 Å². The van der Waals surface area contributed by atoms with Crippen LogP contribution >= 0.6 is 15.9 Å². The summed E-state index contributed by atoms with van der Waals surface area (Å²) < 4.78 is 19.9. The number of hydrogen-bond acceptors (Lipinski definition) is 2. The van der Waals surface area contributed by atoms with Gasteiger partial charge in [0.05, 0.1) is 17.9 Å². The van der Waals surface area contributed by atoms with Crippen molar-refractivity contribution in [3.63, 3.8) is 0 Å². The van der Waals surface area contributed by atoms with Gasteiger partial charge in [0.1, 0.15) is 5.82 Å². The first-order valence-corrected chi connectivity index (χ1v) is 6.29. The molecule has 1 aromatic rings. The van der Waals surface area contributed by atoms with Crippen molar-refractivity contribution in [2.45, 2.75) is 32.0 Å². The number of halogens is 2. The molecule has 0 radical (unpaired) electrons. The van der Waals surface area contributed by atoms with Gasteiger partial charge in [0, 0.05) is 11.0 Å². The normalized spacial score (nSPS) is 24.7. The molecule has 4 heteroatoms. The highest BCUT2D eigenvalue weighted by atomic mass is 79.9. The minimum atomic E-state index is -0.228. The highest BCUT2D eigenvalue weighted by Gasteiger charge is 2.21. The molecule has 0 aromatic heterocycles. The zero-order valence-electron chi connectivity index (χ0n) is 9.17. The Kier molecular flexibility index (Phi) is 3.82. The van der Waals surface area contributed by atoms with Gasteiger partial charge < -0.3 is 10.1 Å². The summed E-state index contributed by atoms with van der Waals surface area (Å²) in [5, 5.41) is 3.09. The van der Waals surface area contributed by atoms with Gasteiger partial charge >= 0.3 is 0 Å². The third kappa shape index (κ3) is 2.95. The Morgan fingerprint density at radius 2 is 2.31 bits per heavy atom. The number of benzene rings is 1. The molecule has 1 fully saturated rings. The van der Waals surface area contributed by atoms with Crippen molar-refractivity contribution in [3.8, 4) is 0 Å². The fourth-order valence-corrected chi connectivity index (χ4v) is 2.25. The van der Waals surface area contributed by atoms with E-state index in [0.29, 0.717) is 18.3 Å². The van der Waals surface area contributed by atoms with Gasteiger partial charge in [-0.1, -0.05) is 15.9 Å². The molecule has 1 aliphatic rings. The van der Waals surface area contributed by atoms with Crippen molar-refractivity contribution in [3.05, 3.63) is 28.5 Å². The minimum absolute atomic E-state index is 0.202. The highest BCUT2D eigenvalue weighted by Crippen LogP contribution is 2.22. The van der Waals surface area contributed by atoms with Crippen LogP contribution in [0.5, 0.6) is 0 Å². The molecule has 1 heterocycles. The number of hydrogen-bond donors (Lipinski definition) is 1. The predicted octanol–water partition coefficient (Wildman–Crippen LogP) is 3.57. The van der Waals surface area contributed by atoms with Crippen molar-refractivity contribution < 1.29 is 9.13 Å². The van der Waals surface area contributed by atoms with Crippen LogP contribution in [0.1, 0.15) is 19.8 Å². The van der Waals surface area contributed by atoms with Crippen LogP contribution in [0.15, 0.2) is 22.7 Å². The van der Waals surface area contributed by atoms with Gasteiger partial charge in [0.2, 0.25) is 0 Å². The smallest absolute Gasteiger partial charge is 0.146 e. The molecule has 1 saturated heterocycles. The molecule has 2 nitrogen and oxygen atoms in total. The Morgan fingerprint density at radius 3 is 3.00 bits per heavy atom. The molecule has 0 aliphatic carbocycles. The van der Waals surface area contributed by atoms with E-state index in [4.69, 9.17) is 4.74 Å². The molecule has 88 valence electrons. The van der Waals surface area contributed by atoms with Crippen LogP contribution in [0.25, 0.3) is 0 Å². The van der Waals surface area contributed by atoms with E-state index in [2.05, 4.69) is 28.2 Å². The number of nitrogens with one attached hydrogen (secondary N) is 1. The molecule has 0 bridgehead atoms. The highest BCUT2D eigenvalue weighted by molar-refractivity contribution is 9.10. The maximum absolute atomic E-state index is 13.4. The SMILES string of the molecule is CC1CCC(CNc2cc(Br)ccc2F)O1. The van der Waals surface area contributed by atoms with E-state index in [0.717, 1.165) is 17.3 Å². The Labute approximate surface area is 103 Å². The average molecular weight is 288 g/mol. The van der Waals surface area contributed by atoms with Crippen LogP contribution in [0, 0.1) is 5.82 Å². The monoisotopic (exact) mass is 287 g/mol. The van der Waals surface area contributed by atoms with Crippen LogP contribution in [-0.2, 0) is 4.74 Å². The third-order valence-corrected chi connectivity index (χ3v) is 3.26. The first-order chi connectivity index (χ1) is 7.65. The van der Waals surface area contributed by atoms with Crippen molar-refractivity contribution in [1.29, 1.82) is 0 Å². The van der Waals surface area contributed by atoms with Gasteiger partial charge in [-0.05, 0) is 38.0 Å². The fraction of sp³-hybridized carbons (Fsp3) is 0.500. The quantitative estimate of drug-likeness (QED) is 0.918. The summed E-state index contributed by atoms with van der Waals surface area (Å²) in [6.45, 7) is 2.73. The molecule has 0 amide bonds. The zero-order chi connectivity index (χ0) is 11.5. The second-order valence-electron chi connectivity index (χ2n) is 4.15. The topological polar surface area (TPSA) is 21.3 Å². The molecule has 1 aliphatic heterocycles. The first kappa shape index (κ1) is 11.9. The lowest BCUT2D eigenvalue weighted by molar-refractivity contribution is 0.0636. The van der Waals surface area contributed by atoms with E-state index in [1.807, 2.05) is 0 Å². The van der Waals surface area contributed by atoms with Gasteiger partial charge in [0.15, 0.2) is 0 Å². The number of rotatable bonds is 3. The van der Waals surface area contributed by atoms with E-state index in [9.17, 15) is 4.39 Å². The maximum atomic E-state index is 13.4. The molecular weight excluding hydrogens is 273 g/mol. The fourth-order valence-electron chi connectivity index (χ4n) is 1.89. The van der Waals surface area contributed by atoms with Crippen LogP contribution < -0.4 is 5.32 Å². The second-order valence-corrected chi connectivity index (χ2v) is 5.07. The Balaban J connectivity index is 1.91. The predicted molar refractivity (Wildman–Crippen MR) is 66.2 cm³/mol. The lowest BCUT2D eigenvalue weighted by atomic mass is 10.2. The van der Waals surface area contributed by atoms with Crippen LogP contribution in [-0.4, -0.2) is 18.8 Å². The van der Waals surface area contributed by atoms with Crippen molar-refractivity contribution in [1.82, 2.24) is 0 Å². The standard InChI is InChI=1S/C12H15BrFNO/c1-8-2-4-10(16-8)7-15-12-6-9(13)3-5-11(12)14/h3,5-6,8,10,15H,2,4,7H2,1H3. The summed E-state index contributed by atoms with van der Waals surface area (Å²) in [6.07, 6.45) is 2.67. The van der Waals surface area contributed by atoms with Gasteiger partial charge in [-0.25, -0.2) is 4.39 Å². The second kappa shape index (κ2) is 5.15. The maximum Gasteiger partial charge on any atom is 0.146 e. The summed E-state index contributed by atoms with van der Waals surface area (Å²) >= 11 is 3.32. The van der Waals surface area contributed by atoms with E-state index < -0.39 is 0 Å². The number of ether oxygens (including phenoxy) is 1. The molecule has 2 atom stereocenters. The number of anilines is 1. The van der Waals surface area contributed by atoms with Gasteiger partial charge in [0.25, 0.3) is 0 Å². The van der Waals surface area contributed by atoms with Crippen LogP contribution in [0.3, 0.4) is 0 Å². The zero-order valence-corrected chi connectivity index (χ0v) is 10.8. The molecule has 1 aromatic carbocycles. The van der Waals surface area contributed by atoms with E-state index in [-0.39, 0.29) is 11.9 Å². The summed E-state index contributed by atoms with van der Waals surface area (Å²) in [7, 11) is 0. The van der Waals surface area contributed by atoms with E-state index in [1.165, 1.54) is 6.07 Å². The molecule has 0 spiro atoms. The van der Waals surface area contributed by atoms with Crippen molar-refractivity contribution in [2.24, 2.45) is 0 Å². The molecule has 0 saturated carbocycles. The Hall–Kier alpha value is -0.610. The van der Waals surface area contributed by atoms with Gasteiger partial charge in [-0.2, -0.15) is 0 Å². The summed E-state index contributed by atoms with van der Waals surface area (Å²) in [6, 6.07) is 4.88. The largest absolute Gasteiger partial charge is 0.380 e. The third-order valence-electron chi connectivity index (χ3n) is 2.77. The minimum Gasteiger partial charge on any atom is -0.380 e. The van der Waals surface area contributed by atoms with Gasteiger partial charge in [-0.15, -0.1) is 0 Å². The Bertz CT molecular complexity index is 372. The van der Waals surface area contributed by atoms with Crippen molar-refractivity contribution in [2.75, 3.05) is 11.9 Å². The van der Waals surface area contributed by atoms with Crippen LogP contribution in [0.4, 0.5) is 10.1 Å². The lowest BCUT2D eigenvalue weighted by Gasteiger charge is -2.13. The average Bonchev–Trinajstić information content (AvgIpc) is 2.66. The van der Waals surface area contributed by atoms with Crippen LogP contribution in [0.2, 0.25) is 0 Å². The van der Waals surface area contributed by atoms with E-state index in [1.54, 1.807) is 12.1 Å². The Morgan fingerprint density at radius 1 is 1.50 bits per heavy atom. The molecule has 2 rings (SSSR count). The summed E-state index contributed by atoms with van der Waals surface area (Å²) in [4.78, 5) is 0. The first-order valence-electron chi connectivity index (χ1n) is 5.49. The summed E-state index contributed by atoms with van der Waals surface area (Å²) in [5.41, 5.74) is 0.525. The molecule has 16 heavy (non-hydrogen) atoms. The van der Waals surface area contributed by atoms with Gasteiger partial charge in [-0.3, -0.25) is 0 Å². The lowest BCUT2D eigenvalue weighted by Crippen LogP contribution is -2.20. The molecular formula is C12H15BrFNO. The molecule has 1 N–H and O–H groups in total. The molecule has 2 unspecified atom stereocenters. The van der Waals surface area contributed by atoms with Crippen molar-refractivity contribution >= 4 is 21.6 Å². The summed E-state index contributed by atoms with van der Waals surface area (Å²) in [5.74, 6) is -0.228.